The molecule has 8 nitrogen and oxygen atoms in total. The molecule has 0 unspecified atom stereocenters. The second-order valence-corrected chi connectivity index (χ2v) is 9.14. The van der Waals surface area contributed by atoms with Gasteiger partial charge in [-0.2, -0.15) is 4.98 Å². The molecular formula is C23H21ClFN5O3. The molecule has 170 valence electrons. The number of aromatic nitrogens is 3. The number of carbonyl (C=O) groups excluding carboxylic acids is 2. The van der Waals surface area contributed by atoms with Crippen LogP contribution in [0.1, 0.15) is 54.7 Å². The third kappa shape index (κ3) is 4.45. The molecule has 2 aromatic heterocycles. The Labute approximate surface area is 193 Å². The zero-order chi connectivity index (χ0) is 23.2. The first-order chi connectivity index (χ1) is 15.8. The maximum Gasteiger partial charge on any atom is 0.292 e. The largest absolute Gasteiger partial charge is 0.345 e. The van der Waals surface area contributed by atoms with Crippen molar-refractivity contribution in [1.29, 1.82) is 0 Å². The van der Waals surface area contributed by atoms with Gasteiger partial charge in [0.05, 0.1) is 5.02 Å². The van der Waals surface area contributed by atoms with E-state index < -0.39 is 11.7 Å². The van der Waals surface area contributed by atoms with Crippen molar-refractivity contribution < 1.29 is 18.5 Å². The molecule has 3 aromatic rings. The number of hydrogen-bond acceptors (Lipinski definition) is 6. The monoisotopic (exact) mass is 469 g/mol. The van der Waals surface area contributed by atoms with Gasteiger partial charge in [0.2, 0.25) is 11.8 Å². The molecular weight excluding hydrogens is 449 g/mol. The molecule has 0 radical (unpaired) electrons. The first-order valence-corrected chi connectivity index (χ1v) is 11.1. The minimum Gasteiger partial charge on any atom is -0.345 e. The maximum atomic E-state index is 15.1. The second-order valence-electron chi connectivity index (χ2n) is 8.76. The summed E-state index contributed by atoms with van der Waals surface area (Å²) in [6.07, 6.45) is 5.15. The Morgan fingerprint density at radius 1 is 1.27 bits per heavy atom. The van der Waals surface area contributed by atoms with Gasteiger partial charge in [-0.1, -0.05) is 35.8 Å². The summed E-state index contributed by atoms with van der Waals surface area (Å²) >= 11 is 6.26. The first-order valence-electron chi connectivity index (χ1n) is 10.7. The van der Waals surface area contributed by atoms with Crippen LogP contribution >= 0.6 is 11.6 Å². The van der Waals surface area contributed by atoms with E-state index in [-0.39, 0.29) is 40.2 Å². The number of anilines is 1. The van der Waals surface area contributed by atoms with Gasteiger partial charge in [0.15, 0.2) is 0 Å². The summed E-state index contributed by atoms with van der Waals surface area (Å²) in [5, 5.41) is 9.02. The van der Waals surface area contributed by atoms with Crippen LogP contribution in [0.15, 0.2) is 35.0 Å². The molecule has 1 aromatic carbocycles. The second kappa shape index (κ2) is 8.22. The average molecular weight is 470 g/mol. The van der Waals surface area contributed by atoms with Crippen molar-refractivity contribution in [2.45, 2.75) is 44.6 Å². The lowest BCUT2D eigenvalue weighted by atomic mass is 10.0. The van der Waals surface area contributed by atoms with Crippen LogP contribution in [0.2, 0.25) is 5.02 Å². The van der Waals surface area contributed by atoms with Crippen molar-refractivity contribution in [1.82, 2.24) is 20.4 Å². The predicted molar refractivity (Wildman–Crippen MR) is 118 cm³/mol. The summed E-state index contributed by atoms with van der Waals surface area (Å²) in [6, 6.07) is 6.45. The van der Waals surface area contributed by atoms with E-state index in [2.05, 4.69) is 25.8 Å². The molecule has 0 saturated heterocycles. The molecule has 0 atom stereocenters. The SMILES string of the molecule is CC1(c2nc(C(=O)NCc3ccc(-c4ccnc(NC(=O)C5CC5)c4)c(F)c3Cl)no2)CC1. The van der Waals surface area contributed by atoms with E-state index in [1.54, 1.807) is 24.3 Å². The summed E-state index contributed by atoms with van der Waals surface area (Å²) < 4.78 is 20.3. The molecule has 0 spiro atoms. The highest BCUT2D eigenvalue weighted by Crippen LogP contribution is 2.46. The van der Waals surface area contributed by atoms with Gasteiger partial charge < -0.3 is 15.2 Å². The third-order valence-electron chi connectivity index (χ3n) is 6.02. The zero-order valence-electron chi connectivity index (χ0n) is 17.8. The quantitative estimate of drug-likeness (QED) is 0.535. The Morgan fingerprint density at radius 3 is 2.79 bits per heavy atom. The number of carbonyl (C=O) groups is 2. The highest BCUT2D eigenvalue weighted by molar-refractivity contribution is 6.31. The zero-order valence-corrected chi connectivity index (χ0v) is 18.6. The van der Waals surface area contributed by atoms with Crippen molar-refractivity contribution in [3.8, 4) is 11.1 Å². The topological polar surface area (TPSA) is 110 Å². The molecule has 2 aliphatic carbocycles. The Balaban J connectivity index is 1.28. The van der Waals surface area contributed by atoms with E-state index in [1.165, 1.54) is 6.20 Å². The molecule has 2 heterocycles. The Bertz CT molecular complexity index is 1250. The molecule has 10 heteroatoms. The van der Waals surface area contributed by atoms with Crippen LogP contribution in [0.3, 0.4) is 0 Å². The molecule has 0 bridgehead atoms. The van der Waals surface area contributed by atoms with E-state index in [1.807, 2.05) is 6.92 Å². The van der Waals surface area contributed by atoms with E-state index >= 15 is 4.39 Å². The number of nitrogens with zero attached hydrogens (tertiary/aromatic N) is 3. The van der Waals surface area contributed by atoms with Gasteiger partial charge in [0, 0.05) is 29.6 Å². The summed E-state index contributed by atoms with van der Waals surface area (Å²) in [5.41, 5.74) is 1.06. The fourth-order valence-corrected chi connectivity index (χ4v) is 3.64. The maximum absolute atomic E-state index is 15.1. The molecule has 2 aliphatic rings. The van der Waals surface area contributed by atoms with Crippen molar-refractivity contribution in [3.05, 3.63) is 58.6 Å². The number of hydrogen-bond donors (Lipinski definition) is 2. The highest BCUT2D eigenvalue weighted by atomic mass is 35.5. The fourth-order valence-electron chi connectivity index (χ4n) is 3.41. The van der Waals surface area contributed by atoms with Crippen molar-refractivity contribution in [2.75, 3.05) is 5.32 Å². The lowest BCUT2D eigenvalue weighted by Gasteiger charge is -2.11. The van der Waals surface area contributed by atoms with Crippen LogP contribution in [0, 0.1) is 11.7 Å². The van der Waals surface area contributed by atoms with Crippen molar-refractivity contribution >= 4 is 29.2 Å². The van der Waals surface area contributed by atoms with E-state index in [0.717, 1.165) is 25.7 Å². The summed E-state index contributed by atoms with van der Waals surface area (Å²) in [7, 11) is 0. The Kier molecular flexibility index (Phi) is 5.36. The Morgan fingerprint density at radius 2 is 2.06 bits per heavy atom. The van der Waals surface area contributed by atoms with Gasteiger partial charge in [-0.05, 0) is 48.9 Å². The van der Waals surface area contributed by atoms with Crippen LogP contribution in [0.25, 0.3) is 11.1 Å². The molecule has 0 aliphatic heterocycles. The van der Waals surface area contributed by atoms with Crippen LogP contribution < -0.4 is 10.6 Å². The average Bonchev–Trinajstić information content (AvgIpc) is 3.73. The van der Waals surface area contributed by atoms with Crippen LogP contribution in [0.5, 0.6) is 0 Å². The van der Waals surface area contributed by atoms with Gasteiger partial charge in [-0.15, -0.1) is 0 Å². The molecule has 2 N–H and O–H groups in total. The minimum atomic E-state index is -0.627. The van der Waals surface area contributed by atoms with Gasteiger partial charge in [-0.3, -0.25) is 9.59 Å². The predicted octanol–water partition coefficient (Wildman–Crippen LogP) is 4.25. The van der Waals surface area contributed by atoms with Gasteiger partial charge >= 0.3 is 0 Å². The summed E-state index contributed by atoms with van der Waals surface area (Å²) in [5.74, 6) is -0.459. The number of nitrogens with one attached hydrogen (secondary N) is 2. The van der Waals surface area contributed by atoms with E-state index in [4.69, 9.17) is 16.1 Å². The van der Waals surface area contributed by atoms with Crippen LogP contribution in [0.4, 0.5) is 10.2 Å². The minimum absolute atomic E-state index is 0.00491. The molecule has 2 saturated carbocycles. The van der Waals surface area contributed by atoms with E-state index in [0.29, 0.717) is 22.8 Å². The number of pyridine rings is 1. The standard InChI is InChI=1S/C23H21ClFN5O3/c1-23(7-8-23)22-29-19(30-33-22)21(32)27-11-14-4-5-15(18(25)17(14)24)13-6-9-26-16(10-13)28-20(31)12-2-3-12/h4-6,9-10,12H,2-3,7-8,11H2,1H3,(H,27,32)(H,26,28,31). The number of rotatable bonds is 7. The summed E-state index contributed by atoms with van der Waals surface area (Å²) in [4.78, 5) is 32.6. The van der Waals surface area contributed by atoms with Gasteiger partial charge in [0.25, 0.3) is 11.7 Å². The van der Waals surface area contributed by atoms with Crippen molar-refractivity contribution in [3.63, 3.8) is 0 Å². The third-order valence-corrected chi connectivity index (χ3v) is 6.43. The number of benzene rings is 1. The Hall–Kier alpha value is -3.33. The smallest absolute Gasteiger partial charge is 0.292 e. The number of halogens is 2. The van der Waals surface area contributed by atoms with Gasteiger partial charge in [-0.25, -0.2) is 9.37 Å². The first kappa shape index (κ1) is 21.5. The summed E-state index contributed by atoms with van der Waals surface area (Å²) in [6.45, 7) is 1.99. The van der Waals surface area contributed by atoms with Crippen LogP contribution in [-0.4, -0.2) is 26.9 Å². The molecule has 5 rings (SSSR count). The van der Waals surface area contributed by atoms with E-state index in [9.17, 15) is 9.59 Å². The lowest BCUT2D eigenvalue weighted by Crippen LogP contribution is -2.24. The number of amides is 2. The molecule has 2 fully saturated rings. The van der Waals surface area contributed by atoms with Crippen LogP contribution in [-0.2, 0) is 16.8 Å². The molecule has 33 heavy (non-hydrogen) atoms. The lowest BCUT2D eigenvalue weighted by molar-refractivity contribution is -0.117. The highest BCUT2D eigenvalue weighted by Gasteiger charge is 2.44. The fraction of sp³-hybridized carbons (Fsp3) is 0.348. The van der Waals surface area contributed by atoms with Gasteiger partial charge in [0.1, 0.15) is 11.6 Å². The normalized spacial score (nSPS) is 16.3. The molecule has 2 amide bonds. The van der Waals surface area contributed by atoms with Crippen molar-refractivity contribution in [2.24, 2.45) is 5.92 Å².